The molecule has 174 valence electrons. The summed E-state index contributed by atoms with van der Waals surface area (Å²) in [5.74, 6) is 3.53. The monoisotopic (exact) mass is 434 g/mol. The maximum atomic E-state index is 15.0. The highest BCUT2D eigenvalue weighted by Gasteiger charge is 2.35. The van der Waals surface area contributed by atoms with E-state index in [0.29, 0.717) is 5.92 Å². The van der Waals surface area contributed by atoms with E-state index in [4.69, 9.17) is 0 Å². The van der Waals surface area contributed by atoms with Gasteiger partial charge in [-0.25, -0.2) is 4.39 Å². The van der Waals surface area contributed by atoms with Crippen molar-refractivity contribution in [3.05, 3.63) is 59.4 Å². The summed E-state index contributed by atoms with van der Waals surface area (Å²) >= 11 is 0. The second kappa shape index (κ2) is 11.5. The fourth-order valence-electron chi connectivity index (χ4n) is 6.62. The molecule has 2 aliphatic rings. The number of halogens is 1. The fraction of sp³-hybridized carbons (Fsp3) is 0.613. The summed E-state index contributed by atoms with van der Waals surface area (Å²) in [5, 5.41) is 1.87. The highest BCUT2D eigenvalue weighted by Crippen LogP contribution is 2.48. The lowest BCUT2D eigenvalue weighted by Crippen LogP contribution is -2.30. The zero-order valence-corrected chi connectivity index (χ0v) is 20.4. The Bertz CT molecular complexity index is 895. The molecule has 2 unspecified atom stereocenters. The highest BCUT2D eigenvalue weighted by atomic mass is 19.1. The third kappa shape index (κ3) is 5.64. The van der Waals surface area contributed by atoms with E-state index in [2.05, 4.69) is 37.3 Å². The molecule has 0 nitrogen and oxygen atoms in total. The minimum atomic E-state index is -0.0143. The summed E-state index contributed by atoms with van der Waals surface area (Å²) in [6, 6.07) is 10.7. The highest BCUT2D eigenvalue weighted by molar-refractivity contribution is 5.84. The lowest BCUT2D eigenvalue weighted by molar-refractivity contribution is 0.113. The van der Waals surface area contributed by atoms with E-state index in [1.54, 1.807) is 0 Å². The Morgan fingerprint density at radius 1 is 0.938 bits per heavy atom. The van der Waals surface area contributed by atoms with Gasteiger partial charge in [-0.3, -0.25) is 0 Å². The lowest BCUT2D eigenvalue weighted by atomic mass is 9.63. The SMILES string of the molecule is C/C=C/CCc1ccc2cc([C@@H]3CC[C@@H]4CC(CCCCCC)CCC4C3)ccc2c1F. The first-order valence-electron chi connectivity index (χ1n) is 13.5. The van der Waals surface area contributed by atoms with Gasteiger partial charge in [0.2, 0.25) is 0 Å². The molecule has 0 saturated heterocycles. The number of hydrogen-bond donors (Lipinski definition) is 0. The first-order chi connectivity index (χ1) is 15.7. The minimum Gasteiger partial charge on any atom is -0.206 e. The molecular weight excluding hydrogens is 391 g/mol. The van der Waals surface area contributed by atoms with Crippen LogP contribution in [0.2, 0.25) is 0 Å². The molecule has 2 saturated carbocycles. The van der Waals surface area contributed by atoms with Gasteiger partial charge in [-0.2, -0.15) is 0 Å². The molecule has 2 aromatic rings. The van der Waals surface area contributed by atoms with Crippen LogP contribution in [0.25, 0.3) is 10.8 Å². The molecule has 4 rings (SSSR count). The van der Waals surface area contributed by atoms with Crippen molar-refractivity contribution in [3.8, 4) is 0 Å². The van der Waals surface area contributed by atoms with E-state index in [9.17, 15) is 0 Å². The molecular formula is C31H43F. The predicted octanol–water partition coefficient (Wildman–Crippen LogP) is 9.76. The van der Waals surface area contributed by atoms with Crippen LogP contribution in [0, 0.1) is 23.6 Å². The van der Waals surface area contributed by atoms with Crippen LogP contribution in [-0.2, 0) is 6.42 Å². The van der Waals surface area contributed by atoms with Gasteiger partial charge in [0, 0.05) is 5.39 Å². The van der Waals surface area contributed by atoms with Crippen molar-refractivity contribution in [2.45, 2.75) is 103 Å². The Morgan fingerprint density at radius 3 is 2.62 bits per heavy atom. The standard InChI is InChI=1S/C31H43F/c1-3-5-7-9-10-23-12-13-26-21-27(16-15-25(26)20-23)28-18-19-30-29(22-28)17-14-24(31(30)32)11-8-6-4-2/h4,6,14,17-19,22-23,25-27H,3,5,7-13,15-16,20-21H2,1-2H3/b6-4+/t23?,25-,26?,27-/m1/s1. The lowest BCUT2D eigenvalue weighted by Gasteiger charge is -2.42. The number of aryl methyl sites for hydroxylation is 1. The molecule has 1 heteroatoms. The summed E-state index contributed by atoms with van der Waals surface area (Å²) in [6.45, 7) is 4.32. The maximum Gasteiger partial charge on any atom is 0.134 e. The molecule has 0 aliphatic heterocycles. The van der Waals surface area contributed by atoms with E-state index in [-0.39, 0.29) is 5.82 Å². The Hall–Kier alpha value is -1.63. The third-order valence-corrected chi connectivity index (χ3v) is 8.53. The number of allylic oxidation sites excluding steroid dienone is 2. The molecule has 0 radical (unpaired) electrons. The van der Waals surface area contributed by atoms with E-state index < -0.39 is 0 Å². The molecule has 0 heterocycles. The Labute approximate surface area is 195 Å². The number of fused-ring (bicyclic) bond motifs is 2. The van der Waals surface area contributed by atoms with Crippen molar-refractivity contribution >= 4 is 10.8 Å². The number of hydrogen-bond acceptors (Lipinski definition) is 0. The van der Waals surface area contributed by atoms with E-state index in [0.717, 1.165) is 46.9 Å². The quantitative estimate of drug-likeness (QED) is 0.272. The van der Waals surface area contributed by atoms with Gasteiger partial charge in [0.1, 0.15) is 5.82 Å². The van der Waals surface area contributed by atoms with Gasteiger partial charge in [0.15, 0.2) is 0 Å². The van der Waals surface area contributed by atoms with Crippen molar-refractivity contribution in [2.75, 3.05) is 0 Å². The molecule has 0 aromatic heterocycles. The summed E-state index contributed by atoms with van der Waals surface area (Å²) in [5.41, 5.74) is 2.29. The van der Waals surface area contributed by atoms with Gasteiger partial charge in [-0.1, -0.05) is 87.9 Å². The van der Waals surface area contributed by atoms with Crippen LogP contribution in [0.1, 0.15) is 108 Å². The smallest absolute Gasteiger partial charge is 0.134 e. The molecule has 2 fully saturated rings. The van der Waals surface area contributed by atoms with Gasteiger partial charge in [-0.05, 0) is 92.1 Å². The molecule has 0 spiro atoms. The predicted molar refractivity (Wildman–Crippen MR) is 137 cm³/mol. The molecule has 32 heavy (non-hydrogen) atoms. The minimum absolute atomic E-state index is 0.0143. The summed E-state index contributed by atoms with van der Waals surface area (Å²) in [6.07, 6.45) is 21.4. The topological polar surface area (TPSA) is 0 Å². The van der Waals surface area contributed by atoms with Crippen molar-refractivity contribution in [3.63, 3.8) is 0 Å². The van der Waals surface area contributed by atoms with Crippen LogP contribution < -0.4 is 0 Å². The first kappa shape index (κ1) is 23.5. The Morgan fingerprint density at radius 2 is 1.78 bits per heavy atom. The Kier molecular flexibility index (Phi) is 8.44. The second-order valence-corrected chi connectivity index (χ2v) is 10.7. The largest absolute Gasteiger partial charge is 0.206 e. The molecule has 0 N–H and O–H groups in total. The van der Waals surface area contributed by atoms with Gasteiger partial charge >= 0.3 is 0 Å². The van der Waals surface area contributed by atoms with Gasteiger partial charge in [0.05, 0.1) is 0 Å². The summed E-state index contributed by atoms with van der Waals surface area (Å²) in [4.78, 5) is 0. The van der Waals surface area contributed by atoms with Crippen molar-refractivity contribution in [2.24, 2.45) is 17.8 Å². The average molecular weight is 435 g/mol. The second-order valence-electron chi connectivity index (χ2n) is 10.7. The van der Waals surface area contributed by atoms with Crippen molar-refractivity contribution < 1.29 is 4.39 Å². The Balaban J connectivity index is 1.37. The van der Waals surface area contributed by atoms with Crippen molar-refractivity contribution in [1.29, 1.82) is 0 Å². The zero-order valence-electron chi connectivity index (χ0n) is 20.4. The summed E-state index contributed by atoms with van der Waals surface area (Å²) < 4.78 is 15.0. The van der Waals surface area contributed by atoms with Crippen LogP contribution in [-0.4, -0.2) is 0 Å². The van der Waals surface area contributed by atoms with Crippen LogP contribution in [0.3, 0.4) is 0 Å². The van der Waals surface area contributed by atoms with Crippen LogP contribution in [0.5, 0.6) is 0 Å². The van der Waals surface area contributed by atoms with Gasteiger partial charge in [-0.15, -0.1) is 0 Å². The van der Waals surface area contributed by atoms with Crippen LogP contribution in [0.4, 0.5) is 4.39 Å². The summed E-state index contributed by atoms with van der Waals surface area (Å²) in [7, 11) is 0. The van der Waals surface area contributed by atoms with E-state index >= 15 is 4.39 Å². The third-order valence-electron chi connectivity index (χ3n) is 8.53. The molecule has 0 bridgehead atoms. The van der Waals surface area contributed by atoms with Gasteiger partial charge < -0.3 is 0 Å². The maximum absolute atomic E-state index is 15.0. The number of unbranched alkanes of at least 4 members (excludes halogenated alkanes) is 3. The average Bonchev–Trinajstić information content (AvgIpc) is 2.83. The van der Waals surface area contributed by atoms with E-state index in [1.807, 2.05) is 19.1 Å². The normalized spacial score (nSPS) is 26.0. The van der Waals surface area contributed by atoms with Crippen LogP contribution >= 0.6 is 0 Å². The number of rotatable bonds is 9. The number of benzene rings is 2. The molecule has 2 aromatic carbocycles. The fourth-order valence-corrected chi connectivity index (χ4v) is 6.62. The zero-order chi connectivity index (χ0) is 22.3. The molecule has 2 aliphatic carbocycles. The van der Waals surface area contributed by atoms with Crippen molar-refractivity contribution in [1.82, 2.24) is 0 Å². The van der Waals surface area contributed by atoms with E-state index in [1.165, 1.54) is 76.2 Å². The first-order valence-corrected chi connectivity index (χ1v) is 13.5. The van der Waals surface area contributed by atoms with Gasteiger partial charge in [0.25, 0.3) is 0 Å². The molecule has 4 atom stereocenters. The van der Waals surface area contributed by atoms with Crippen LogP contribution in [0.15, 0.2) is 42.5 Å². The molecule has 0 amide bonds.